The Balaban J connectivity index is 1.94. The Kier molecular flexibility index (Phi) is 7.61. The molecule has 1 aliphatic heterocycles. The lowest BCUT2D eigenvalue weighted by Crippen LogP contribution is -2.51. The van der Waals surface area contributed by atoms with E-state index in [-0.39, 0.29) is 36.3 Å². The van der Waals surface area contributed by atoms with Gasteiger partial charge >= 0.3 is 5.97 Å². The van der Waals surface area contributed by atoms with Crippen molar-refractivity contribution in [2.24, 2.45) is 5.41 Å². The molecule has 6 nitrogen and oxygen atoms in total. The third kappa shape index (κ3) is 5.51. The van der Waals surface area contributed by atoms with Crippen molar-refractivity contribution in [2.75, 3.05) is 26.0 Å². The monoisotopic (exact) mass is 454 g/mol. The van der Waals surface area contributed by atoms with Crippen LogP contribution in [-0.2, 0) is 14.3 Å². The number of hydrogen-bond donors (Lipinski definition) is 0. The Hall–Kier alpha value is -2.80. The predicted octanol–water partition coefficient (Wildman–Crippen LogP) is 3.99. The SMILES string of the molecule is COC(=O)CN(C[C@@H]1CSC(c2ccccc2)N1C(=O)c1ccccc1)C(=O)C(C)(C)C. The molecule has 32 heavy (non-hydrogen) atoms. The molecule has 0 N–H and O–H groups in total. The van der Waals surface area contributed by atoms with Gasteiger partial charge in [0.2, 0.25) is 5.91 Å². The maximum atomic E-state index is 13.6. The Labute approximate surface area is 193 Å². The van der Waals surface area contributed by atoms with Gasteiger partial charge in [-0.05, 0) is 17.7 Å². The summed E-state index contributed by atoms with van der Waals surface area (Å²) in [6.45, 7) is 5.59. The number of hydrogen-bond acceptors (Lipinski definition) is 5. The van der Waals surface area contributed by atoms with Crippen LogP contribution in [0.2, 0.25) is 0 Å². The molecule has 2 amide bonds. The van der Waals surface area contributed by atoms with Crippen molar-refractivity contribution in [3.63, 3.8) is 0 Å². The highest BCUT2D eigenvalue weighted by atomic mass is 32.2. The van der Waals surface area contributed by atoms with Gasteiger partial charge in [0.05, 0.1) is 13.2 Å². The third-order valence-electron chi connectivity index (χ3n) is 5.34. The van der Waals surface area contributed by atoms with E-state index in [2.05, 4.69) is 0 Å². The molecule has 1 saturated heterocycles. The van der Waals surface area contributed by atoms with Gasteiger partial charge in [-0.3, -0.25) is 14.4 Å². The van der Waals surface area contributed by atoms with Crippen LogP contribution < -0.4 is 0 Å². The topological polar surface area (TPSA) is 66.9 Å². The van der Waals surface area contributed by atoms with E-state index in [0.717, 1.165) is 5.56 Å². The molecule has 1 aliphatic rings. The second-order valence-corrected chi connectivity index (χ2v) is 9.95. The van der Waals surface area contributed by atoms with Crippen LogP contribution in [0.25, 0.3) is 0 Å². The Morgan fingerprint density at radius 3 is 2.19 bits per heavy atom. The lowest BCUT2D eigenvalue weighted by atomic mass is 9.94. The minimum atomic E-state index is -0.660. The van der Waals surface area contributed by atoms with E-state index >= 15 is 0 Å². The lowest BCUT2D eigenvalue weighted by molar-refractivity contribution is -0.150. The Morgan fingerprint density at radius 2 is 1.62 bits per heavy atom. The molecule has 0 saturated carbocycles. The van der Waals surface area contributed by atoms with Gasteiger partial charge in [0, 0.05) is 23.3 Å². The summed E-state index contributed by atoms with van der Waals surface area (Å²) in [6.07, 6.45) is 0. The molecule has 7 heteroatoms. The van der Waals surface area contributed by atoms with Crippen LogP contribution in [0.1, 0.15) is 42.1 Å². The van der Waals surface area contributed by atoms with Gasteiger partial charge in [0.1, 0.15) is 11.9 Å². The summed E-state index contributed by atoms with van der Waals surface area (Å²) in [5.41, 5.74) is 0.973. The highest BCUT2D eigenvalue weighted by Crippen LogP contribution is 2.42. The first-order valence-electron chi connectivity index (χ1n) is 10.6. The molecule has 2 atom stereocenters. The molecule has 3 rings (SSSR count). The minimum absolute atomic E-state index is 0.0873. The van der Waals surface area contributed by atoms with E-state index in [9.17, 15) is 14.4 Å². The number of benzene rings is 2. The summed E-state index contributed by atoms with van der Waals surface area (Å²) >= 11 is 1.67. The Morgan fingerprint density at radius 1 is 1.03 bits per heavy atom. The van der Waals surface area contributed by atoms with Gasteiger partial charge in [0.25, 0.3) is 5.91 Å². The van der Waals surface area contributed by atoms with E-state index in [4.69, 9.17) is 4.74 Å². The average molecular weight is 455 g/mol. The molecule has 0 radical (unpaired) electrons. The number of rotatable bonds is 6. The summed E-state index contributed by atoms with van der Waals surface area (Å²) in [6, 6.07) is 18.8. The first-order valence-corrected chi connectivity index (χ1v) is 11.7. The van der Waals surface area contributed by atoms with E-state index < -0.39 is 11.4 Å². The second-order valence-electron chi connectivity index (χ2n) is 8.84. The zero-order valence-corrected chi connectivity index (χ0v) is 19.8. The normalized spacial score (nSPS) is 18.3. The van der Waals surface area contributed by atoms with Crippen molar-refractivity contribution >= 4 is 29.5 Å². The number of thioether (sulfide) groups is 1. The van der Waals surface area contributed by atoms with Gasteiger partial charge in [-0.25, -0.2) is 0 Å². The number of carbonyl (C=O) groups excluding carboxylic acids is 3. The maximum absolute atomic E-state index is 13.6. The van der Waals surface area contributed by atoms with Crippen LogP contribution in [-0.4, -0.2) is 59.6 Å². The highest BCUT2D eigenvalue weighted by Gasteiger charge is 2.41. The fourth-order valence-electron chi connectivity index (χ4n) is 3.74. The van der Waals surface area contributed by atoms with Crippen molar-refractivity contribution < 1.29 is 19.1 Å². The molecule has 1 heterocycles. The largest absolute Gasteiger partial charge is 0.468 e. The fourth-order valence-corrected chi connectivity index (χ4v) is 5.19. The van der Waals surface area contributed by atoms with E-state index in [1.54, 1.807) is 23.9 Å². The summed E-state index contributed by atoms with van der Waals surface area (Å²) < 4.78 is 4.82. The summed E-state index contributed by atoms with van der Waals surface area (Å²) in [7, 11) is 1.31. The molecular weight excluding hydrogens is 424 g/mol. The van der Waals surface area contributed by atoms with Crippen LogP contribution in [0.3, 0.4) is 0 Å². The highest BCUT2D eigenvalue weighted by molar-refractivity contribution is 7.99. The van der Waals surface area contributed by atoms with Gasteiger partial charge in [-0.15, -0.1) is 11.8 Å². The first-order chi connectivity index (χ1) is 15.2. The fraction of sp³-hybridized carbons (Fsp3) is 0.400. The quantitative estimate of drug-likeness (QED) is 0.618. The van der Waals surface area contributed by atoms with Crippen molar-refractivity contribution in [1.82, 2.24) is 9.80 Å². The smallest absolute Gasteiger partial charge is 0.325 e. The number of methoxy groups -OCH3 is 1. The summed E-state index contributed by atoms with van der Waals surface area (Å²) in [4.78, 5) is 42.1. The zero-order chi connectivity index (χ0) is 23.3. The van der Waals surface area contributed by atoms with E-state index in [1.165, 1.54) is 12.0 Å². The molecule has 0 bridgehead atoms. The molecule has 0 aromatic heterocycles. The number of carbonyl (C=O) groups is 3. The van der Waals surface area contributed by atoms with Crippen LogP contribution in [0.4, 0.5) is 0 Å². The van der Waals surface area contributed by atoms with Crippen LogP contribution in [0.5, 0.6) is 0 Å². The number of amides is 2. The number of ether oxygens (including phenoxy) is 1. The van der Waals surface area contributed by atoms with Crippen LogP contribution in [0.15, 0.2) is 60.7 Å². The zero-order valence-electron chi connectivity index (χ0n) is 19.0. The van der Waals surface area contributed by atoms with E-state index in [1.807, 2.05) is 74.2 Å². The molecule has 2 aromatic rings. The molecular formula is C25H30N2O4S. The maximum Gasteiger partial charge on any atom is 0.325 e. The van der Waals surface area contributed by atoms with Crippen LogP contribution >= 0.6 is 11.8 Å². The van der Waals surface area contributed by atoms with E-state index in [0.29, 0.717) is 11.3 Å². The van der Waals surface area contributed by atoms with Crippen molar-refractivity contribution in [1.29, 1.82) is 0 Å². The molecule has 170 valence electrons. The van der Waals surface area contributed by atoms with Crippen molar-refractivity contribution in [3.05, 3.63) is 71.8 Å². The molecule has 1 unspecified atom stereocenters. The third-order valence-corrected chi connectivity index (χ3v) is 6.73. The molecule has 2 aromatic carbocycles. The molecule has 0 spiro atoms. The first kappa shape index (κ1) is 23.9. The van der Waals surface area contributed by atoms with Gasteiger partial charge in [0.15, 0.2) is 0 Å². The minimum Gasteiger partial charge on any atom is -0.468 e. The average Bonchev–Trinajstić information content (AvgIpc) is 3.21. The standard InChI is InChI=1S/C25H30N2O4S/c1-25(2,3)24(30)26(16-21(28)31-4)15-20-17-32-23(19-13-9-6-10-14-19)27(20)22(29)18-11-7-5-8-12-18/h5-14,20,23H,15-17H2,1-4H3/t20-,23?/m1/s1. The summed E-state index contributed by atoms with van der Waals surface area (Å²) in [5, 5.41) is -0.168. The van der Waals surface area contributed by atoms with Gasteiger partial charge < -0.3 is 14.5 Å². The van der Waals surface area contributed by atoms with Gasteiger partial charge in [-0.2, -0.15) is 0 Å². The molecule has 1 fully saturated rings. The summed E-state index contributed by atoms with van der Waals surface area (Å²) in [5.74, 6) is -0.0552. The number of nitrogens with zero attached hydrogens (tertiary/aromatic N) is 2. The number of esters is 1. The Bertz CT molecular complexity index is 943. The molecule has 0 aliphatic carbocycles. The van der Waals surface area contributed by atoms with Crippen molar-refractivity contribution in [2.45, 2.75) is 32.2 Å². The van der Waals surface area contributed by atoms with Crippen molar-refractivity contribution in [3.8, 4) is 0 Å². The van der Waals surface area contributed by atoms with Crippen LogP contribution in [0, 0.1) is 5.41 Å². The second kappa shape index (κ2) is 10.2. The predicted molar refractivity (Wildman–Crippen MR) is 126 cm³/mol. The van der Waals surface area contributed by atoms with Gasteiger partial charge in [-0.1, -0.05) is 69.3 Å². The lowest BCUT2D eigenvalue weighted by Gasteiger charge is -2.35.